The van der Waals surface area contributed by atoms with Crippen molar-refractivity contribution in [2.45, 2.75) is 19.4 Å². The zero-order valence-corrected chi connectivity index (χ0v) is 13.9. The van der Waals surface area contributed by atoms with Crippen molar-refractivity contribution in [3.63, 3.8) is 0 Å². The Morgan fingerprint density at radius 2 is 2.00 bits per heavy atom. The third-order valence-corrected chi connectivity index (χ3v) is 4.13. The summed E-state index contributed by atoms with van der Waals surface area (Å²) in [6.45, 7) is 3.19. The van der Waals surface area contributed by atoms with E-state index in [9.17, 15) is 14.4 Å². The van der Waals surface area contributed by atoms with Crippen molar-refractivity contribution < 1.29 is 23.5 Å². The lowest BCUT2D eigenvalue weighted by atomic mass is 9.99. The molecule has 1 aromatic heterocycles. The number of Topliss-reactive ketones (excluding diaryl/α,β-unsaturated/α-hetero) is 1. The first-order valence-electron chi connectivity index (χ1n) is 7.84. The van der Waals surface area contributed by atoms with Gasteiger partial charge < -0.3 is 14.5 Å². The fourth-order valence-electron chi connectivity index (χ4n) is 2.76. The summed E-state index contributed by atoms with van der Waals surface area (Å²) in [4.78, 5) is 37.5. The monoisotopic (exact) mass is 342 g/mol. The van der Waals surface area contributed by atoms with E-state index >= 15 is 0 Å². The number of urea groups is 1. The summed E-state index contributed by atoms with van der Waals surface area (Å²) >= 11 is 0. The van der Waals surface area contributed by atoms with Crippen molar-refractivity contribution >= 4 is 17.7 Å². The number of ketones is 1. The number of carbonyl (C=O) groups is 3. The fourth-order valence-corrected chi connectivity index (χ4v) is 2.76. The van der Waals surface area contributed by atoms with Gasteiger partial charge in [0.1, 0.15) is 18.1 Å². The maximum absolute atomic E-state index is 12.6. The lowest BCUT2D eigenvalue weighted by Gasteiger charge is -2.19. The average Bonchev–Trinajstić information content (AvgIpc) is 3.19. The maximum Gasteiger partial charge on any atom is 0.325 e. The molecule has 1 aromatic carbocycles. The molecule has 0 bridgehead atoms. The zero-order valence-electron chi connectivity index (χ0n) is 13.9. The van der Waals surface area contributed by atoms with Gasteiger partial charge >= 0.3 is 6.03 Å². The van der Waals surface area contributed by atoms with Gasteiger partial charge in [0, 0.05) is 0 Å². The lowest BCUT2D eigenvalue weighted by Crippen LogP contribution is -2.41. The highest BCUT2D eigenvalue weighted by molar-refractivity contribution is 6.06. The lowest BCUT2D eigenvalue weighted by molar-refractivity contribution is -0.131. The van der Waals surface area contributed by atoms with E-state index in [1.807, 2.05) is 0 Å². The Morgan fingerprint density at radius 1 is 1.24 bits per heavy atom. The predicted molar refractivity (Wildman–Crippen MR) is 88.2 cm³/mol. The fraction of sp³-hybridized carbons (Fsp3) is 0.278. The molecule has 7 heteroatoms. The number of hydrogen-bond donors (Lipinski definition) is 1. The Balaban J connectivity index is 1.67. The number of ether oxygens (including phenoxy) is 1. The van der Waals surface area contributed by atoms with Crippen LogP contribution in [-0.2, 0) is 10.3 Å². The van der Waals surface area contributed by atoms with Crippen molar-refractivity contribution in [3.05, 3.63) is 54.0 Å². The number of amides is 3. The Hall–Kier alpha value is -3.09. The van der Waals surface area contributed by atoms with Crippen molar-refractivity contribution in [2.24, 2.45) is 0 Å². The molecular weight excluding hydrogens is 324 g/mol. The molecular formula is C18H18N2O5. The van der Waals surface area contributed by atoms with Crippen LogP contribution in [0.2, 0.25) is 0 Å². The van der Waals surface area contributed by atoms with Gasteiger partial charge in [-0.1, -0.05) is 12.1 Å². The Bertz CT molecular complexity index is 815. The van der Waals surface area contributed by atoms with Crippen LogP contribution in [0.3, 0.4) is 0 Å². The minimum Gasteiger partial charge on any atom is -0.491 e. The van der Waals surface area contributed by atoms with Crippen molar-refractivity contribution in [1.82, 2.24) is 10.2 Å². The van der Waals surface area contributed by atoms with Gasteiger partial charge in [0.15, 0.2) is 11.3 Å². The van der Waals surface area contributed by atoms with Gasteiger partial charge in [-0.2, -0.15) is 0 Å². The second-order valence-electron chi connectivity index (χ2n) is 5.89. The number of nitrogens with zero attached hydrogens (tertiary/aromatic N) is 1. The molecule has 130 valence electrons. The van der Waals surface area contributed by atoms with Crippen LogP contribution in [0, 0.1) is 0 Å². The van der Waals surface area contributed by atoms with Crippen LogP contribution < -0.4 is 10.1 Å². The summed E-state index contributed by atoms with van der Waals surface area (Å²) in [6.07, 6.45) is 1.45. The summed E-state index contributed by atoms with van der Waals surface area (Å²) in [7, 11) is 0. The second-order valence-corrected chi connectivity index (χ2v) is 5.89. The molecule has 1 fully saturated rings. The molecule has 1 aliphatic rings. The van der Waals surface area contributed by atoms with E-state index in [1.54, 1.807) is 43.3 Å². The summed E-state index contributed by atoms with van der Waals surface area (Å²) in [5, 5.41) is 2.64. The van der Waals surface area contributed by atoms with Gasteiger partial charge in [0.25, 0.3) is 5.91 Å². The number of furan rings is 1. The Kier molecular flexibility index (Phi) is 4.31. The molecule has 0 aliphatic carbocycles. The van der Waals surface area contributed by atoms with Gasteiger partial charge in [-0.25, -0.2) is 4.79 Å². The molecule has 1 N–H and O–H groups in total. The zero-order chi connectivity index (χ0) is 18.0. The molecule has 3 rings (SSSR count). The molecule has 2 aromatic rings. The average molecular weight is 342 g/mol. The minimum atomic E-state index is -1.22. The number of carbonyl (C=O) groups excluding carboxylic acids is 3. The molecule has 1 atom stereocenters. The molecule has 1 saturated heterocycles. The van der Waals surface area contributed by atoms with Crippen LogP contribution in [0.4, 0.5) is 4.79 Å². The summed E-state index contributed by atoms with van der Waals surface area (Å²) < 4.78 is 10.9. The first kappa shape index (κ1) is 16.8. The van der Waals surface area contributed by atoms with E-state index in [4.69, 9.17) is 9.15 Å². The number of hydrogen-bond acceptors (Lipinski definition) is 5. The molecule has 0 unspecified atom stereocenters. The maximum atomic E-state index is 12.6. The van der Waals surface area contributed by atoms with E-state index in [1.165, 1.54) is 13.2 Å². The summed E-state index contributed by atoms with van der Waals surface area (Å²) in [6, 6.07) is 9.63. The third kappa shape index (κ3) is 3.00. The molecule has 7 nitrogen and oxygen atoms in total. The van der Waals surface area contributed by atoms with E-state index in [-0.39, 0.29) is 18.9 Å². The van der Waals surface area contributed by atoms with Crippen LogP contribution in [0.25, 0.3) is 0 Å². The van der Waals surface area contributed by atoms with Crippen LogP contribution in [0.5, 0.6) is 5.75 Å². The first-order chi connectivity index (χ1) is 11.9. The first-order valence-corrected chi connectivity index (χ1v) is 7.84. The van der Waals surface area contributed by atoms with Crippen molar-refractivity contribution in [2.75, 3.05) is 13.2 Å². The van der Waals surface area contributed by atoms with E-state index < -0.39 is 17.5 Å². The summed E-state index contributed by atoms with van der Waals surface area (Å²) in [5.41, 5.74) is -0.766. The second kappa shape index (κ2) is 6.43. The predicted octanol–water partition coefficient (Wildman–Crippen LogP) is 2.33. The normalized spacial score (nSPS) is 19.8. The van der Waals surface area contributed by atoms with Gasteiger partial charge in [-0.05, 0) is 38.1 Å². The Labute approximate surface area is 144 Å². The molecule has 2 heterocycles. The van der Waals surface area contributed by atoms with Gasteiger partial charge in [0.05, 0.1) is 18.4 Å². The van der Waals surface area contributed by atoms with E-state index in [0.29, 0.717) is 17.1 Å². The topological polar surface area (TPSA) is 88.8 Å². The minimum absolute atomic E-state index is 0.0627. The quantitative estimate of drug-likeness (QED) is 0.643. The van der Waals surface area contributed by atoms with Crippen LogP contribution >= 0.6 is 0 Å². The van der Waals surface area contributed by atoms with Gasteiger partial charge in [0.2, 0.25) is 0 Å². The largest absolute Gasteiger partial charge is 0.491 e. The third-order valence-electron chi connectivity index (χ3n) is 4.13. The van der Waals surface area contributed by atoms with Gasteiger partial charge in [-0.15, -0.1) is 0 Å². The Morgan fingerprint density at radius 3 is 2.68 bits per heavy atom. The van der Waals surface area contributed by atoms with E-state index in [0.717, 1.165) is 4.90 Å². The highest BCUT2D eigenvalue weighted by atomic mass is 16.5. The molecule has 25 heavy (non-hydrogen) atoms. The van der Waals surface area contributed by atoms with Crippen molar-refractivity contribution in [1.29, 1.82) is 0 Å². The van der Waals surface area contributed by atoms with E-state index in [2.05, 4.69) is 5.32 Å². The van der Waals surface area contributed by atoms with Crippen LogP contribution in [0.15, 0.2) is 47.1 Å². The number of rotatable bonds is 6. The molecule has 1 aliphatic heterocycles. The highest BCUT2D eigenvalue weighted by Gasteiger charge is 2.50. The number of imide groups is 1. The van der Waals surface area contributed by atoms with Crippen LogP contribution in [0.1, 0.15) is 30.0 Å². The summed E-state index contributed by atoms with van der Waals surface area (Å²) in [5.74, 6) is 0.277. The van der Waals surface area contributed by atoms with Crippen molar-refractivity contribution in [3.8, 4) is 5.75 Å². The highest BCUT2D eigenvalue weighted by Crippen LogP contribution is 2.29. The molecule has 0 radical (unpaired) electrons. The molecule has 0 spiro atoms. The molecule has 3 amide bonds. The number of para-hydroxylation sites is 1. The number of nitrogens with one attached hydrogen (secondary N) is 1. The van der Waals surface area contributed by atoms with Gasteiger partial charge in [-0.3, -0.25) is 14.5 Å². The van der Waals surface area contributed by atoms with Crippen LogP contribution in [-0.4, -0.2) is 35.8 Å². The number of benzene rings is 1. The smallest absolute Gasteiger partial charge is 0.325 e. The SMILES string of the molecule is CC(=O)c1ccccc1OCCN1C(=O)N[C@@](C)(c2ccco2)C1=O. The standard InChI is InChI=1S/C18H18N2O5/c1-12(21)13-6-3-4-7-14(13)24-11-9-20-16(22)18(2,19-17(20)23)15-8-5-10-25-15/h3-8,10H,9,11H2,1-2H3,(H,19,23)/t18-/m0/s1. The molecule has 0 saturated carbocycles.